The third-order valence-electron chi connectivity index (χ3n) is 6.57. The van der Waals surface area contributed by atoms with Crippen LogP contribution in [0.4, 0.5) is 13.2 Å². The van der Waals surface area contributed by atoms with Gasteiger partial charge in [-0.1, -0.05) is 12.1 Å². The predicted octanol–water partition coefficient (Wildman–Crippen LogP) is 3.80. The summed E-state index contributed by atoms with van der Waals surface area (Å²) in [5, 5.41) is 0. The molecule has 0 N–H and O–H groups in total. The standard InChI is InChI=1S/C23H21F3N2O3/c24-15-3-1-2-14(12-15)19-6-7-20-28(19)22(30)23(31-20)8-10-27(11-9-23)21(29)17-13-16(25)4-5-18(17)26/h1-5,12-13,19-20H,6-11H2/t19-,20+/m0/s1. The Balaban J connectivity index is 1.31. The van der Waals surface area contributed by atoms with Crippen LogP contribution in [0.3, 0.4) is 0 Å². The molecular formula is C23H21F3N2O3. The monoisotopic (exact) mass is 430 g/mol. The lowest BCUT2D eigenvalue weighted by Gasteiger charge is -2.37. The Morgan fingerprint density at radius 2 is 1.74 bits per heavy atom. The summed E-state index contributed by atoms with van der Waals surface area (Å²) < 4.78 is 47.4. The zero-order chi connectivity index (χ0) is 21.8. The fraction of sp³-hybridized carbons (Fsp3) is 0.391. The predicted molar refractivity (Wildman–Crippen MR) is 104 cm³/mol. The van der Waals surface area contributed by atoms with Crippen molar-refractivity contribution < 1.29 is 27.5 Å². The number of fused-ring (bicyclic) bond motifs is 1. The Hall–Kier alpha value is -2.87. The fourth-order valence-corrected chi connectivity index (χ4v) is 4.99. The second kappa shape index (κ2) is 7.37. The SMILES string of the molecule is O=C(c1cc(F)ccc1F)N1CCC2(CC1)O[C@@H]1CC[C@@H](c3cccc(F)c3)N1C2=O. The van der Waals surface area contributed by atoms with Crippen LogP contribution in [0.5, 0.6) is 0 Å². The second-order valence-corrected chi connectivity index (χ2v) is 8.34. The van der Waals surface area contributed by atoms with Gasteiger partial charge in [-0.05, 0) is 48.7 Å². The molecular weight excluding hydrogens is 409 g/mol. The quantitative estimate of drug-likeness (QED) is 0.728. The van der Waals surface area contributed by atoms with Crippen LogP contribution in [-0.2, 0) is 9.53 Å². The number of ether oxygens (including phenoxy) is 1. The minimum Gasteiger partial charge on any atom is -0.342 e. The maximum atomic E-state index is 14.0. The van der Waals surface area contributed by atoms with Gasteiger partial charge < -0.3 is 14.5 Å². The first-order valence-corrected chi connectivity index (χ1v) is 10.4. The van der Waals surface area contributed by atoms with Crippen LogP contribution in [0.2, 0.25) is 0 Å². The van der Waals surface area contributed by atoms with E-state index < -0.39 is 23.1 Å². The topological polar surface area (TPSA) is 49.9 Å². The van der Waals surface area contributed by atoms with Gasteiger partial charge in [-0.25, -0.2) is 13.2 Å². The van der Waals surface area contributed by atoms with Gasteiger partial charge in [-0.15, -0.1) is 0 Å². The molecule has 0 saturated carbocycles. The number of carbonyl (C=O) groups excluding carboxylic acids is 2. The summed E-state index contributed by atoms with van der Waals surface area (Å²) in [6.07, 6.45) is 1.53. The molecule has 3 aliphatic rings. The van der Waals surface area contributed by atoms with E-state index in [0.29, 0.717) is 12.8 Å². The van der Waals surface area contributed by atoms with Crippen LogP contribution in [-0.4, -0.2) is 46.5 Å². The fourth-order valence-electron chi connectivity index (χ4n) is 4.99. The third-order valence-corrected chi connectivity index (χ3v) is 6.57. The van der Waals surface area contributed by atoms with Crippen molar-refractivity contribution in [3.63, 3.8) is 0 Å². The van der Waals surface area contributed by atoms with Gasteiger partial charge >= 0.3 is 0 Å². The van der Waals surface area contributed by atoms with Crippen molar-refractivity contribution in [1.29, 1.82) is 0 Å². The van der Waals surface area contributed by atoms with Crippen LogP contribution < -0.4 is 0 Å². The summed E-state index contributed by atoms with van der Waals surface area (Å²) in [5.74, 6) is -2.56. The molecule has 2 atom stereocenters. The number of benzene rings is 2. The first-order chi connectivity index (χ1) is 14.9. The average Bonchev–Trinajstić information content (AvgIpc) is 3.28. The second-order valence-electron chi connectivity index (χ2n) is 8.34. The highest BCUT2D eigenvalue weighted by Crippen LogP contribution is 2.47. The molecule has 2 aromatic rings. The number of halogens is 3. The van der Waals surface area contributed by atoms with Crippen molar-refractivity contribution in [1.82, 2.24) is 9.80 Å². The van der Waals surface area contributed by atoms with E-state index in [4.69, 9.17) is 4.74 Å². The summed E-state index contributed by atoms with van der Waals surface area (Å²) in [7, 11) is 0. The highest BCUT2D eigenvalue weighted by molar-refractivity contribution is 5.95. The molecule has 5 nitrogen and oxygen atoms in total. The van der Waals surface area contributed by atoms with Gasteiger partial charge in [0, 0.05) is 25.9 Å². The van der Waals surface area contributed by atoms with Gasteiger partial charge in [-0.2, -0.15) is 0 Å². The van der Waals surface area contributed by atoms with Crippen LogP contribution in [0.15, 0.2) is 42.5 Å². The first-order valence-electron chi connectivity index (χ1n) is 10.4. The van der Waals surface area contributed by atoms with Crippen molar-refractivity contribution in [2.45, 2.75) is 43.6 Å². The molecule has 162 valence electrons. The number of nitrogens with zero attached hydrogens (tertiary/aromatic N) is 2. The molecule has 3 saturated heterocycles. The normalized spacial score (nSPS) is 24.7. The molecule has 3 heterocycles. The smallest absolute Gasteiger partial charge is 0.257 e. The van der Waals surface area contributed by atoms with Gasteiger partial charge in [0.2, 0.25) is 0 Å². The van der Waals surface area contributed by atoms with Crippen LogP contribution in [0, 0.1) is 17.5 Å². The number of rotatable bonds is 2. The molecule has 2 amide bonds. The summed E-state index contributed by atoms with van der Waals surface area (Å²) in [6, 6.07) is 8.79. The molecule has 0 bridgehead atoms. The maximum absolute atomic E-state index is 14.0. The number of amides is 2. The molecule has 5 rings (SSSR count). The van der Waals surface area contributed by atoms with E-state index in [1.54, 1.807) is 11.0 Å². The summed E-state index contributed by atoms with van der Waals surface area (Å²) >= 11 is 0. The minimum absolute atomic E-state index is 0.145. The Labute approximate surface area is 177 Å². The van der Waals surface area contributed by atoms with Crippen molar-refractivity contribution in [2.75, 3.05) is 13.1 Å². The summed E-state index contributed by atoms with van der Waals surface area (Å²) in [6.45, 7) is 0.400. The van der Waals surface area contributed by atoms with E-state index in [0.717, 1.165) is 23.8 Å². The lowest BCUT2D eigenvalue weighted by atomic mass is 9.89. The van der Waals surface area contributed by atoms with E-state index in [1.165, 1.54) is 17.0 Å². The Bertz CT molecular complexity index is 1050. The molecule has 31 heavy (non-hydrogen) atoms. The number of carbonyl (C=O) groups is 2. The van der Waals surface area contributed by atoms with E-state index in [1.807, 2.05) is 6.07 Å². The van der Waals surface area contributed by atoms with Gasteiger partial charge in [-0.3, -0.25) is 9.59 Å². The number of hydrogen-bond donors (Lipinski definition) is 0. The van der Waals surface area contributed by atoms with Gasteiger partial charge in [0.15, 0.2) is 5.60 Å². The van der Waals surface area contributed by atoms with Crippen LogP contribution >= 0.6 is 0 Å². The zero-order valence-corrected chi connectivity index (χ0v) is 16.7. The number of piperidine rings is 1. The lowest BCUT2D eigenvalue weighted by Crippen LogP contribution is -2.51. The minimum atomic E-state index is -1.03. The Kier molecular flexibility index (Phi) is 4.77. The summed E-state index contributed by atoms with van der Waals surface area (Å²) in [5.41, 5.74) is -0.611. The van der Waals surface area contributed by atoms with Gasteiger partial charge in [0.25, 0.3) is 11.8 Å². The molecule has 8 heteroatoms. The summed E-state index contributed by atoms with van der Waals surface area (Å²) in [4.78, 5) is 29.2. The highest BCUT2D eigenvalue weighted by Gasteiger charge is 2.58. The molecule has 0 aliphatic carbocycles. The molecule has 1 spiro atoms. The van der Waals surface area contributed by atoms with E-state index in [9.17, 15) is 22.8 Å². The largest absolute Gasteiger partial charge is 0.342 e. The molecule has 3 fully saturated rings. The van der Waals surface area contributed by atoms with Crippen LogP contribution in [0.25, 0.3) is 0 Å². The third kappa shape index (κ3) is 3.29. The number of hydrogen-bond acceptors (Lipinski definition) is 3. The van der Waals surface area contributed by atoms with Crippen LogP contribution in [0.1, 0.15) is 47.6 Å². The van der Waals surface area contributed by atoms with Crippen molar-refractivity contribution in [3.8, 4) is 0 Å². The van der Waals surface area contributed by atoms with E-state index in [-0.39, 0.29) is 55.5 Å². The molecule has 0 radical (unpaired) electrons. The van der Waals surface area contributed by atoms with Gasteiger partial charge in [0.05, 0.1) is 11.6 Å². The van der Waals surface area contributed by atoms with E-state index >= 15 is 0 Å². The van der Waals surface area contributed by atoms with Crippen molar-refractivity contribution in [2.24, 2.45) is 0 Å². The van der Waals surface area contributed by atoms with E-state index in [2.05, 4.69) is 0 Å². The molecule has 0 unspecified atom stereocenters. The van der Waals surface area contributed by atoms with Crippen molar-refractivity contribution >= 4 is 11.8 Å². The molecule has 2 aromatic carbocycles. The zero-order valence-electron chi connectivity index (χ0n) is 16.7. The molecule has 3 aliphatic heterocycles. The Morgan fingerprint density at radius 1 is 1.00 bits per heavy atom. The van der Waals surface area contributed by atoms with Gasteiger partial charge in [0.1, 0.15) is 23.7 Å². The number of likely N-dealkylation sites (tertiary alicyclic amines) is 1. The highest BCUT2D eigenvalue weighted by atomic mass is 19.1. The van der Waals surface area contributed by atoms with Crippen molar-refractivity contribution in [3.05, 3.63) is 71.0 Å². The average molecular weight is 430 g/mol. The first kappa shape index (κ1) is 20.1. The lowest BCUT2D eigenvalue weighted by molar-refractivity contribution is -0.142. The maximum Gasteiger partial charge on any atom is 0.257 e. The Morgan fingerprint density at radius 3 is 2.48 bits per heavy atom. The molecule has 0 aromatic heterocycles.